The minimum Gasteiger partial charge on any atom is -0.489 e. The van der Waals surface area contributed by atoms with Gasteiger partial charge in [0.05, 0.1) is 5.02 Å². The summed E-state index contributed by atoms with van der Waals surface area (Å²) in [5.74, 6) is 0.689. The van der Waals surface area contributed by atoms with Crippen LogP contribution < -0.4 is 10.1 Å². The van der Waals surface area contributed by atoms with Crippen molar-refractivity contribution in [2.75, 3.05) is 25.1 Å². The van der Waals surface area contributed by atoms with Gasteiger partial charge in [-0.1, -0.05) is 17.7 Å². The van der Waals surface area contributed by atoms with Crippen molar-refractivity contribution >= 4 is 23.4 Å². The van der Waals surface area contributed by atoms with E-state index in [1.807, 2.05) is 6.26 Å². The van der Waals surface area contributed by atoms with Gasteiger partial charge >= 0.3 is 6.18 Å². The summed E-state index contributed by atoms with van der Waals surface area (Å²) in [5.41, 5.74) is -0.885. The molecule has 1 fully saturated rings. The molecule has 0 bridgehead atoms. The fourth-order valence-corrected chi connectivity index (χ4v) is 3.41. The maximum Gasteiger partial charge on any atom is 0.421 e. The van der Waals surface area contributed by atoms with Gasteiger partial charge in [-0.2, -0.15) is 24.9 Å². The van der Waals surface area contributed by atoms with E-state index >= 15 is 0 Å². The van der Waals surface area contributed by atoms with Gasteiger partial charge in [0, 0.05) is 18.2 Å². The SMILES string of the molecule is CSC[C@H](Oc1cccc(Cl)c1C(F)(F)F)C1CCNC1. The van der Waals surface area contributed by atoms with Crippen molar-refractivity contribution in [2.24, 2.45) is 5.92 Å². The second kappa shape index (κ2) is 7.11. The van der Waals surface area contributed by atoms with E-state index in [0.29, 0.717) is 5.75 Å². The fraction of sp³-hybridized carbons (Fsp3) is 0.571. The Morgan fingerprint density at radius 1 is 1.48 bits per heavy atom. The summed E-state index contributed by atoms with van der Waals surface area (Å²) in [6.45, 7) is 1.65. The number of alkyl halides is 3. The van der Waals surface area contributed by atoms with Crippen LogP contribution in [0, 0.1) is 5.92 Å². The first kappa shape index (κ1) is 16.8. The van der Waals surface area contributed by atoms with E-state index in [9.17, 15) is 13.2 Å². The van der Waals surface area contributed by atoms with E-state index in [-0.39, 0.29) is 22.8 Å². The van der Waals surface area contributed by atoms with Gasteiger partial charge in [-0.15, -0.1) is 0 Å². The number of hydrogen-bond donors (Lipinski definition) is 1. The molecule has 1 N–H and O–H groups in total. The first-order valence-corrected chi connectivity index (χ1v) is 8.42. The highest BCUT2D eigenvalue weighted by Gasteiger charge is 2.38. The van der Waals surface area contributed by atoms with E-state index in [0.717, 1.165) is 19.5 Å². The third-order valence-corrected chi connectivity index (χ3v) is 4.47. The van der Waals surface area contributed by atoms with E-state index < -0.39 is 11.7 Å². The number of rotatable bonds is 5. The lowest BCUT2D eigenvalue weighted by molar-refractivity contribution is -0.139. The maximum atomic E-state index is 13.1. The molecule has 0 aliphatic carbocycles. The molecule has 0 saturated carbocycles. The normalized spacial score (nSPS) is 20.5. The highest BCUT2D eigenvalue weighted by atomic mass is 35.5. The molecule has 1 aliphatic heterocycles. The molecule has 1 heterocycles. The third kappa shape index (κ3) is 4.20. The van der Waals surface area contributed by atoms with Crippen LogP contribution in [0.15, 0.2) is 18.2 Å². The van der Waals surface area contributed by atoms with Crippen molar-refractivity contribution in [1.29, 1.82) is 0 Å². The molecule has 1 unspecified atom stereocenters. The van der Waals surface area contributed by atoms with Crippen molar-refractivity contribution in [3.63, 3.8) is 0 Å². The standard InChI is InChI=1S/C14H17ClF3NOS/c1-21-8-12(9-5-6-19-7-9)20-11-4-2-3-10(15)13(11)14(16,17)18/h2-4,9,12,19H,5-8H2,1H3/t9?,12-/m0/s1. The lowest BCUT2D eigenvalue weighted by Gasteiger charge is -2.25. The summed E-state index contributed by atoms with van der Waals surface area (Å²) in [6.07, 6.45) is -1.95. The van der Waals surface area contributed by atoms with Crippen molar-refractivity contribution in [1.82, 2.24) is 5.32 Å². The highest BCUT2D eigenvalue weighted by Crippen LogP contribution is 2.41. The van der Waals surface area contributed by atoms with Crippen molar-refractivity contribution in [2.45, 2.75) is 18.7 Å². The van der Waals surface area contributed by atoms with Crippen LogP contribution >= 0.6 is 23.4 Å². The minimum absolute atomic E-state index is 0.180. The molecule has 7 heteroatoms. The molecule has 1 aromatic rings. The van der Waals surface area contributed by atoms with Gasteiger partial charge < -0.3 is 10.1 Å². The van der Waals surface area contributed by atoms with Gasteiger partial charge in [-0.05, 0) is 31.4 Å². The lowest BCUT2D eigenvalue weighted by Crippen LogP contribution is -2.31. The van der Waals surface area contributed by atoms with Crippen LogP contribution in [0.1, 0.15) is 12.0 Å². The average Bonchev–Trinajstić information content (AvgIpc) is 2.90. The van der Waals surface area contributed by atoms with Crippen LogP contribution in [0.4, 0.5) is 13.2 Å². The number of nitrogens with one attached hydrogen (secondary N) is 1. The molecule has 0 aromatic heterocycles. The molecular formula is C14H17ClF3NOS. The van der Waals surface area contributed by atoms with Crippen LogP contribution in [0.3, 0.4) is 0 Å². The monoisotopic (exact) mass is 339 g/mol. The largest absolute Gasteiger partial charge is 0.489 e. The Hall–Kier alpha value is -0.590. The Kier molecular flexibility index (Phi) is 5.68. The first-order chi connectivity index (χ1) is 9.93. The van der Waals surface area contributed by atoms with Crippen LogP contribution in [0.2, 0.25) is 5.02 Å². The van der Waals surface area contributed by atoms with Crippen LogP contribution in [-0.2, 0) is 6.18 Å². The zero-order valence-electron chi connectivity index (χ0n) is 11.5. The molecule has 2 nitrogen and oxygen atoms in total. The topological polar surface area (TPSA) is 21.3 Å². The molecule has 1 saturated heterocycles. The second-order valence-electron chi connectivity index (χ2n) is 4.98. The zero-order chi connectivity index (χ0) is 15.5. The van der Waals surface area contributed by atoms with Crippen LogP contribution in [-0.4, -0.2) is 31.2 Å². The van der Waals surface area contributed by atoms with E-state index in [4.69, 9.17) is 16.3 Å². The van der Waals surface area contributed by atoms with Gasteiger partial charge in [-0.3, -0.25) is 0 Å². The lowest BCUT2D eigenvalue weighted by atomic mass is 10.0. The molecular weight excluding hydrogens is 323 g/mol. The Bertz CT molecular complexity index is 478. The fourth-order valence-electron chi connectivity index (χ4n) is 2.47. The van der Waals surface area contributed by atoms with E-state index in [1.165, 1.54) is 18.2 Å². The molecule has 118 valence electrons. The number of thioether (sulfide) groups is 1. The summed E-state index contributed by atoms with van der Waals surface area (Å²) < 4.78 is 45.1. The Balaban J connectivity index is 2.26. The molecule has 1 aliphatic rings. The van der Waals surface area contributed by atoms with Crippen molar-refractivity contribution in [3.05, 3.63) is 28.8 Å². The number of halogens is 4. The molecule has 1 aromatic carbocycles. The van der Waals surface area contributed by atoms with Gasteiger partial charge in [0.2, 0.25) is 0 Å². The van der Waals surface area contributed by atoms with Gasteiger partial charge in [0.15, 0.2) is 0 Å². The van der Waals surface area contributed by atoms with Crippen molar-refractivity contribution < 1.29 is 17.9 Å². The van der Waals surface area contributed by atoms with E-state index in [2.05, 4.69) is 5.32 Å². The smallest absolute Gasteiger partial charge is 0.421 e. The van der Waals surface area contributed by atoms with Crippen LogP contribution in [0.5, 0.6) is 5.75 Å². The average molecular weight is 340 g/mol. The Labute approximate surface area is 131 Å². The number of ether oxygens (including phenoxy) is 1. The summed E-state index contributed by atoms with van der Waals surface area (Å²) in [5, 5.41) is 2.89. The predicted octanol–water partition coefficient (Wildman–Crippen LogP) is 4.08. The maximum absolute atomic E-state index is 13.1. The van der Waals surface area contributed by atoms with Gasteiger partial charge in [-0.25, -0.2) is 0 Å². The second-order valence-corrected chi connectivity index (χ2v) is 6.29. The summed E-state index contributed by atoms with van der Waals surface area (Å²) >= 11 is 7.28. The number of benzene rings is 1. The molecule has 0 radical (unpaired) electrons. The first-order valence-electron chi connectivity index (χ1n) is 6.65. The third-order valence-electron chi connectivity index (χ3n) is 3.49. The van der Waals surface area contributed by atoms with Crippen LogP contribution in [0.25, 0.3) is 0 Å². The van der Waals surface area contributed by atoms with Gasteiger partial charge in [0.1, 0.15) is 17.4 Å². The van der Waals surface area contributed by atoms with Crippen molar-refractivity contribution in [3.8, 4) is 5.75 Å². The molecule has 0 amide bonds. The minimum atomic E-state index is -4.52. The highest BCUT2D eigenvalue weighted by molar-refractivity contribution is 7.98. The molecule has 0 spiro atoms. The Morgan fingerprint density at radius 2 is 2.24 bits per heavy atom. The number of hydrogen-bond acceptors (Lipinski definition) is 3. The summed E-state index contributed by atoms with van der Waals surface area (Å²) in [6, 6.07) is 4.05. The summed E-state index contributed by atoms with van der Waals surface area (Å²) in [4.78, 5) is 0. The molecule has 2 atom stereocenters. The quantitative estimate of drug-likeness (QED) is 0.873. The Morgan fingerprint density at radius 3 is 2.81 bits per heavy atom. The van der Waals surface area contributed by atoms with E-state index in [1.54, 1.807) is 11.8 Å². The molecule has 21 heavy (non-hydrogen) atoms. The summed E-state index contributed by atoms with van der Waals surface area (Å²) in [7, 11) is 0. The predicted molar refractivity (Wildman–Crippen MR) is 80.2 cm³/mol. The molecule has 2 rings (SSSR count). The van der Waals surface area contributed by atoms with Gasteiger partial charge in [0.25, 0.3) is 0 Å². The zero-order valence-corrected chi connectivity index (χ0v) is 13.1.